The monoisotopic (exact) mass is 330 g/mol. The van der Waals surface area contributed by atoms with Crippen LogP contribution in [-0.4, -0.2) is 14.4 Å². The van der Waals surface area contributed by atoms with Crippen molar-refractivity contribution in [2.24, 2.45) is 0 Å². The Morgan fingerprint density at radius 1 is 1.08 bits per heavy atom. The van der Waals surface area contributed by atoms with Crippen LogP contribution < -0.4 is 0 Å². The molecule has 0 aromatic heterocycles. The molecule has 0 radical (unpaired) electrons. The fourth-order valence-corrected chi connectivity index (χ4v) is 0. The van der Waals surface area contributed by atoms with Crippen molar-refractivity contribution in [3.05, 3.63) is 0 Å². The van der Waals surface area contributed by atoms with E-state index in [1.807, 2.05) is 13.8 Å². The number of carbonyl (C=O) groups is 1. The van der Waals surface area contributed by atoms with Crippen LogP contribution >= 0.6 is 82.0 Å². The van der Waals surface area contributed by atoms with Gasteiger partial charge in [-0.05, 0) is 0 Å². The van der Waals surface area contributed by atoms with E-state index in [4.69, 9.17) is 69.6 Å². The van der Waals surface area contributed by atoms with Gasteiger partial charge in [0.2, 0.25) is 3.79 Å². The van der Waals surface area contributed by atoms with Gasteiger partial charge in [-0.15, -0.1) is 12.4 Å². The number of carbonyl (C=O) groups excluding carboxylic acids is 1. The second-order valence-corrected chi connectivity index (χ2v) is 5.26. The van der Waals surface area contributed by atoms with Crippen LogP contribution in [0, 0.1) is 0 Å². The van der Waals surface area contributed by atoms with Crippen molar-refractivity contribution in [2.45, 2.75) is 21.9 Å². The molecule has 1 nitrogen and oxygen atoms in total. The van der Waals surface area contributed by atoms with Crippen molar-refractivity contribution < 1.29 is 4.79 Å². The minimum atomic E-state index is -1.72. The molecule has 0 rings (SSSR count). The summed E-state index contributed by atoms with van der Waals surface area (Å²) in [4.78, 5) is 9.43. The summed E-state index contributed by atoms with van der Waals surface area (Å²) in [6, 6.07) is 0. The normalized spacial score (nSPS) is 8.38. The van der Waals surface area contributed by atoms with Crippen LogP contribution in [0.15, 0.2) is 0 Å². The maximum absolute atomic E-state index is 9.43. The summed E-state index contributed by atoms with van der Waals surface area (Å²) in [6.45, 7) is 4.00. The molecule has 0 N–H and O–H groups in total. The summed E-state index contributed by atoms with van der Waals surface area (Å²) in [7, 11) is 0. The van der Waals surface area contributed by atoms with Crippen LogP contribution in [0.25, 0.3) is 0 Å². The Morgan fingerprint density at radius 3 is 1.15 bits per heavy atom. The molecule has 0 aromatic rings. The summed E-state index contributed by atoms with van der Waals surface area (Å²) < 4.78 is -2.47. The van der Waals surface area contributed by atoms with Crippen molar-refractivity contribution in [1.82, 2.24) is 0 Å². The standard InChI is InChI=1S/C2HCl3O.C2H6.CHCl3.ClH/c3-2(4,5)1-6;1-2;2-1(3)4;/h1H;1-2H3;1H;1H. The molecule has 0 atom stereocenters. The van der Waals surface area contributed by atoms with E-state index in [2.05, 4.69) is 0 Å². The van der Waals surface area contributed by atoms with Crippen molar-refractivity contribution in [2.75, 3.05) is 0 Å². The van der Waals surface area contributed by atoms with Crippen LogP contribution in [0.2, 0.25) is 0 Å². The van der Waals surface area contributed by atoms with Gasteiger partial charge in [0, 0.05) is 0 Å². The SMILES string of the molecule is CC.Cl.ClC(Cl)Cl.O=CC(Cl)(Cl)Cl. The molecular formula is C5H9Cl7O. The number of rotatable bonds is 0. The Hall–Kier alpha value is 1.70. The summed E-state index contributed by atoms with van der Waals surface area (Å²) in [5.41, 5.74) is 0. The first-order valence-corrected chi connectivity index (χ1v) is 5.19. The third-order valence-electron chi connectivity index (χ3n) is 0.134. The molecule has 0 aliphatic carbocycles. The Balaban J connectivity index is -0.0000000512. The molecule has 0 fully saturated rings. The molecule has 8 heteroatoms. The summed E-state index contributed by atoms with van der Waals surface area (Å²) in [5, 5.41) is 0. The average Bonchev–Trinajstić information content (AvgIpc) is 1.90. The average molecular weight is 333 g/mol. The van der Waals surface area contributed by atoms with Crippen molar-refractivity contribution in [1.29, 1.82) is 0 Å². The van der Waals surface area contributed by atoms with Gasteiger partial charge in [0.1, 0.15) is 0 Å². The van der Waals surface area contributed by atoms with Crippen LogP contribution in [0.5, 0.6) is 0 Å². The molecule has 0 spiro atoms. The number of hydrogen-bond acceptors (Lipinski definition) is 1. The van der Waals surface area contributed by atoms with Crippen LogP contribution in [-0.2, 0) is 4.79 Å². The Morgan fingerprint density at radius 2 is 1.15 bits per heavy atom. The number of alkyl halides is 6. The second-order valence-electron chi connectivity index (χ2n) is 0.907. The van der Waals surface area contributed by atoms with Gasteiger partial charge in [-0.25, -0.2) is 0 Å². The molecule has 0 bridgehead atoms. The summed E-state index contributed by atoms with van der Waals surface area (Å²) >= 11 is 29.1. The lowest BCUT2D eigenvalue weighted by Crippen LogP contribution is -2.00. The fourth-order valence-electron chi connectivity index (χ4n) is 0. The van der Waals surface area contributed by atoms with E-state index in [1.165, 1.54) is 0 Å². The van der Waals surface area contributed by atoms with E-state index in [9.17, 15) is 4.79 Å². The van der Waals surface area contributed by atoms with Crippen molar-refractivity contribution in [3.8, 4) is 0 Å². The fraction of sp³-hybridized carbons (Fsp3) is 0.800. The zero-order valence-corrected chi connectivity index (χ0v) is 12.1. The number of hydrogen-bond donors (Lipinski definition) is 0. The highest BCUT2D eigenvalue weighted by Gasteiger charge is 2.16. The van der Waals surface area contributed by atoms with Crippen LogP contribution in [0.3, 0.4) is 0 Å². The van der Waals surface area contributed by atoms with Crippen molar-refractivity contribution >= 4 is 88.3 Å². The molecular weight excluding hydrogens is 324 g/mol. The Kier molecular flexibility index (Phi) is 29.9. The molecule has 0 aliphatic heterocycles. The zero-order chi connectivity index (χ0) is 10.8. The Bertz CT molecular complexity index is 86.6. The number of halogens is 7. The topological polar surface area (TPSA) is 17.1 Å². The highest BCUT2D eigenvalue weighted by molar-refractivity contribution is 6.74. The summed E-state index contributed by atoms with van der Waals surface area (Å²) in [5.74, 6) is 0. The molecule has 0 saturated carbocycles. The van der Waals surface area contributed by atoms with Gasteiger partial charge in [-0.1, -0.05) is 83.5 Å². The Labute approximate surface area is 114 Å². The maximum Gasteiger partial charge on any atom is 0.245 e. The van der Waals surface area contributed by atoms with E-state index in [0.717, 1.165) is 0 Å². The molecule has 13 heavy (non-hydrogen) atoms. The third kappa shape index (κ3) is 84.9. The first-order chi connectivity index (χ1) is 5.29. The van der Waals surface area contributed by atoms with E-state index >= 15 is 0 Å². The lowest BCUT2D eigenvalue weighted by Gasteiger charge is -1.93. The first-order valence-electron chi connectivity index (χ1n) is 2.75. The van der Waals surface area contributed by atoms with E-state index in [-0.39, 0.29) is 18.7 Å². The van der Waals surface area contributed by atoms with Crippen LogP contribution in [0.4, 0.5) is 0 Å². The second kappa shape index (κ2) is 16.1. The van der Waals surface area contributed by atoms with E-state index in [1.54, 1.807) is 0 Å². The van der Waals surface area contributed by atoms with Gasteiger partial charge in [-0.3, -0.25) is 4.79 Å². The predicted molar refractivity (Wildman–Crippen MR) is 66.3 cm³/mol. The van der Waals surface area contributed by atoms with Crippen LogP contribution in [0.1, 0.15) is 13.8 Å². The molecule has 0 heterocycles. The number of aldehydes is 1. The van der Waals surface area contributed by atoms with Crippen molar-refractivity contribution in [3.63, 3.8) is 0 Å². The molecule has 0 amide bonds. The van der Waals surface area contributed by atoms with Gasteiger partial charge in [-0.2, -0.15) is 0 Å². The first kappa shape index (κ1) is 24.1. The summed E-state index contributed by atoms with van der Waals surface area (Å²) in [6.07, 6.45) is 0.234. The van der Waals surface area contributed by atoms with Gasteiger partial charge in [0.15, 0.2) is 10.6 Å². The highest BCUT2D eigenvalue weighted by Crippen LogP contribution is 2.21. The molecule has 0 unspecified atom stereocenters. The quantitative estimate of drug-likeness (QED) is 0.451. The van der Waals surface area contributed by atoms with E-state index < -0.39 is 8.09 Å². The molecule has 0 aliphatic rings. The minimum absolute atomic E-state index is 0. The van der Waals surface area contributed by atoms with E-state index in [0.29, 0.717) is 0 Å². The van der Waals surface area contributed by atoms with Gasteiger partial charge in [0.25, 0.3) is 0 Å². The van der Waals surface area contributed by atoms with Gasteiger partial charge < -0.3 is 0 Å². The van der Waals surface area contributed by atoms with Gasteiger partial charge in [0.05, 0.1) is 0 Å². The van der Waals surface area contributed by atoms with Gasteiger partial charge >= 0.3 is 0 Å². The maximum atomic E-state index is 9.43. The molecule has 0 aromatic carbocycles. The predicted octanol–water partition coefficient (Wildman–Crippen LogP) is 4.99. The smallest absolute Gasteiger partial charge is 0.245 e. The molecule has 84 valence electrons. The lowest BCUT2D eigenvalue weighted by molar-refractivity contribution is -0.107. The highest BCUT2D eigenvalue weighted by atomic mass is 35.6. The minimum Gasteiger partial charge on any atom is -0.299 e. The third-order valence-corrected chi connectivity index (χ3v) is 0.401. The largest absolute Gasteiger partial charge is 0.299 e. The lowest BCUT2D eigenvalue weighted by atomic mass is 10.9. The zero-order valence-electron chi connectivity index (χ0n) is 6.74. The molecule has 0 saturated heterocycles.